The molecule has 2 heterocycles. The highest BCUT2D eigenvalue weighted by Gasteiger charge is 2.14. The van der Waals surface area contributed by atoms with Crippen LogP contribution >= 0.6 is 11.3 Å². The lowest BCUT2D eigenvalue weighted by Gasteiger charge is -2.07. The number of nitriles is 1. The molecular formula is C22H15N5O2S. The second kappa shape index (κ2) is 8.51. The smallest absolute Gasteiger partial charge is 0.270 e. The van der Waals surface area contributed by atoms with Crippen molar-refractivity contribution in [2.45, 2.75) is 6.54 Å². The van der Waals surface area contributed by atoms with Crippen LogP contribution < -0.4 is 10.6 Å². The van der Waals surface area contributed by atoms with E-state index < -0.39 is 5.91 Å². The van der Waals surface area contributed by atoms with Gasteiger partial charge in [-0.15, -0.1) is 11.3 Å². The van der Waals surface area contributed by atoms with Gasteiger partial charge in [0.15, 0.2) is 0 Å². The number of aromatic nitrogens is 2. The molecule has 2 amide bonds. The zero-order chi connectivity index (χ0) is 20.9. The van der Waals surface area contributed by atoms with E-state index in [1.165, 1.54) is 23.7 Å². The van der Waals surface area contributed by atoms with Crippen LogP contribution in [-0.2, 0) is 6.54 Å². The highest BCUT2D eigenvalue weighted by atomic mass is 32.1. The van der Waals surface area contributed by atoms with Gasteiger partial charge in [-0.25, -0.2) is 9.97 Å². The Labute approximate surface area is 176 Å². The van der Waals surface area contributed by atoms with E-state index in [0.29, 0.717) is 11.1 Å². The van der Waals surface area contributed by atoms with Crippen molar-refractivity contribution in [3.63, 3.8) is 0 Å². The lowest BCUT2D eigenvalue weighted by atomic mass is 10.1. The van der Waals surface area contributed by atoms with Gasteiger partial charge in [-0.05, 0) is 23.8 Å². The quantitative estimate of drug-likeness (QED) is 0.518. The van der Waals surface area contributed by atoms with E-state index in [1.807, 2.05) is 30.3 Å². The third kappa shape index (κ3) is 4.16. The van der Waals surface area contributed by atoms with Crippen molar-refractivity contribution >= 4 is 39.1 Å². The summed E-state index contributed by atoms with van der Waals surface area (Å²) in [6, 6.07) is 18.1. The van der Waals surface area contributed by atoms with Gasteiger partial charge in [0.1, 0.15) is 17.8 Å². The number of anilines is 1. The first kappa shape index (κ1) is 19.2. The monoisotopic (exact) mass is 413 g/mol. The van der Waals surface area contributed by atoms with Crippen LogP contribution in [0, 0.1) is 11.3 Å². The van der Waals surface area contributed by atoms with Crippen molar-refractivity contribution in [2.24, 2.45) is 0 Å². The summed E-state index contributed by atoms with van der Waals surface area (Å²) in [4.78, 5) is 33.1. The van der Waals surface area contributed by atoms with E-state index >= 15 is 0 Å². The summed E-state index contributed by atoms with van der Waals surface area (Å²) in [5.74, 6) is -0.442. The first-order valence-electron chi connectivity index (χ1n) is 9.01. The number of hydrogen-bond acceptors (Lipinski definition) is 6. The summed E-state index contributed by atoms with van der Waals surface area (Å²) < 4.78 is 1.02. The lowest BCUT2D eigenvalue weighted by molar-refractivity contribution is 0.0944. The summed E-state index contributed by atoms with van der Waals surface area (Å²) in [5.41, 5.74) is 2.11. The van der Waals surface area contributed by atoms with Crippen LogP contribution in [0.2, 0.25) is 0 Å². The number of nitrogens with zero attached hydrogens (tertiary/aromatic N) is 3. The molecule has 7 nitrogen and oxygen atoms in total. The Kier molecular flexibility index (Phi) is 5.46. The van der Waals surface area contributed by atoms with Gasteiger partial charge in [0, 0.05) is 28.1 Å². The average Bonchev–Trinajstić information content (AvgIpc) is 3.22. The zero-order valence-corrected chi connectivity index (χ0v) is 16.4. The molecule has 2 aromatic carbocycles. The average molecular weight is 413 g/mol. The van der Waals surface area contributed by atoms with Gasteiger partial charge in [-0.2, -0.15) is 5.26 Å². The van der Waals surface area contributed by atoms with Gasteiger partial charge in [0.25, 0.3) is 11.8 Å². The summed E-state index contributed by atoms with van der Waals surface area (Å²) >= 11 is 1.49. The molecule has 0 radical (unpaired) electrons. The minimum atomic E-state index is -0.391. The second-order valence-electron chi connectivity index (χ2n) is 6.38. The molecule has 0 fully saturated rings. The largest absolute Gasteiger partial charge is 0.347 e. The SMILES string of the molecule is N#Cc1ccc(CNC(=O)c2cc(NC(=O)c3csc4ccccc34)ncn2)cc1. The van der Waals surface area contributed by atoms with Crippen LogP contribution in [0.15, 0.2) is 66.3 Å². The summed E-state index contributed by atoms with van der Waals surface area (Å²) in [6.07, 6.45) is 1.23. The zero-order valence-electron chi connectivity index (χ0n) is 15.6. The van der Waals surface area contributed by atoms with E-state index in [0.717, 1.165) is 15.6 Å². The fourth-order valence-electron chi connectivity index (χ4n) is 2.86. The van der Waals surface area contributed by atoms with Gasteiger partial charge in [0.2, 0.25) is 0 Å². The maximum atomic E-state index is 12.6. The molecule has 4 rings (SSSR count). The minimum absolute atomic E-state index is 0.143. The number of carbonyl (C=O) groups excluding carboxylic acids is 2. The Hall–Kier alpha value is -4.09. The van der Waals surface area contributed by atoms with Gasteiger partial charge in [0.05, 0.1) is 17.2 Å². The topological polar surface area (TPSA) is 108 Å². The lowest BCUT2D eigenvalue weighted by Crippen LogP contribution is -2.24. The molecule has 0 saturated heterocycles. The number of rotatable bonds is 5. The third-order valence-electron chi connectivity index (χ3n) is 4.40. The van der Waals surface area contributed by atoms with Crippen LogP contribution in [0.3, 0.4) is 0 Å². The fraction of sp³-hybridized carbons (Fsp3) is 0.0455. The number of nitrogens with one attached hydrogen (secondary N) is 2. The summed E-state index contributed by atoms with van der Waals surface area (Å²) in [5, 5.41) is 17.0. The van der Waals surface area contributed by atoms with Crippen LogP contribution in [-0.4, -0.2) is 21.8 Å². The van der Waals surface area contributed by atoms with E-state index in [-0.39, 0.29) is 24.0 Å². The Bertz CT molecular complexity index is 1270. The highest BCUT2D eigenvalue weighted by molar-refractivity contribution is 7.17. The van der Waals surface area contributed by atoms with Crippen molar-refractivity contribution < 1.29 is 9.59 Å². The Balaban J connectivity index is 1.43. The number of benzene rings is 2. The highest BCUT2D eigenvalue weighted by Crippen LogP contribution is 2.26. The first-order chi connectivity index (χ1) is 14.6. The van der Waals surface area contributed by atoms with E-state index in [4.69, 9.17) is 5.26 Å². The maximum absolute atomic E-state index is 12.6. The number of carbonyl (C=O) groups is 2. The number of thiophene rings is 1. The van der Waals surface area contributed by atoms with Crippen molar-refractivity contribution in [1.82, 2.24) is 15.3 Å². The number of fused-ring (bicyclic) bond motifs is 1. The Morgan fingerprint density at radius 1 is 1.03 bits per heavy atom. The van der Waals surface area contributed by atoms with Gasteiger partial charge < -0.3 is 10.6 Å². The van der Waals surface area contributed by atoms with E-state index in [9.17, 15) is 9.59 Å². The molecule has 0 saturated carbocycles. The van der Waals surface area contributed by atoms with Crippen LogP contribution in [0.25, 0.3) is 10.1 Å². The Morgan fingerprint density at radius 3 is 2.63 bits per heavy atom. The van der Waals surface area contributed by atoms with Crippen molar-refractivity contribution in [2.75, 3.05) is 5.32 Å². The molecular weight excluding hydrogens is 398 g/mol. The molecule has 0 unspecified atom stereocenters. The molecule has 0 spiro atoms. The molecule has 0 aliphatic carbocycles. The van der Waals surface area contributed by atoms with Crippen molar-refractivity contribution in [3.05, 3.63) is 88.7 Å². The Morgan fingerprint density at radius 2 is 1.83 bits per heavy atom. The predicted molar refractivity (Wildman–Crippen MR) is 114 cm³/mol. The van der Waals surface area contributed by atoms with Crippen molar-refractivity contribution in [3.8, 4) is 6.07 Å². The van der Waals surface area contributed by atoms with Crippen LogP contribution in [0.4, 0.5) is 5.82 Å². The first-order valence-corrected chi connectivity index (χ1v) is 9.89. The number of hydrogen-bond donors (Lipinski definition) is 2. The van der Waals surface area contributed by atoms with E-state index in [1.54, 1.807) is 29.6 Å². The summed E-state index contributed by atoms with van der Waals surface area (Å²) in [7, 11) is 0. The standard InChI is InChI=1S/C22H15N5O2S/c23-10-14-5-7-15(8-6-14)11-24-22(29)18-9-20(26-13-25-18)27-21(28)17-12-30-19-4-2-1-3-16(17)19/h1-9,12-13H,11H2,(H,24,29)(H,25,26,27,28). The molecule has 4 aromatic rings. The molecule has 30 heavy (non-hydrogen) atoms. The van der Waals surface area contributed by atoms with Gasteiger partial charge in [-0.3, -0.25) is 9.59 Å². The van der Waals surface area contributed by atoms with Gasteiger partial charge >= 0.3 is 0 Å². The minimum Gasteiger partial charge on any atom is -0.347 e. The molecule has 2 aromatic heterocycles. The van der Waals surface area contributed by atoms with Crippen molar-refractivity contribution in [1.29, 1.82) is 5.26 Å². The number of amides is 2. The maximum Gasteiger partial charge on any atom is 0.270 e. The molecule has 0 aliphatic heterocycles. The molecule has 8 heteroatoms. The van der Waals surface area contributed by atoms with E-state index in [2.05, 4.69) is 20.6 Å². The normalized spacial score (nSPS) is 10.4. The summed E-state index contributed by atoms with van der Waals surface area (Å²) in [6.45, 7) is 0.289. The molecule has 2 N–H and O–H groups in total. The van der Waals surface area contributed by atoms with Gasteiger partial charge in [-0.1, -0.05) is 30.3 Å². The molecule has 0 atom stereocenters. The molecule has 0 bridgehead atoms. The van der Waals surface area contributed by atoms with Crippen LogP contribution in [0.1, 0.15) is 32.0 Å². The van der Waals surface area contributed by atoms with Crippen LogP contribution in [0.5, 0.6) is 0 Å². The second-order valence-corrected chi connectivity index (χ2v) is 7.29. The molecule has 0 aliphatic rings. The predicted octanol–water partition coefficient (Wildman–Crippen LogP) is 3.75. The fourth-order valence-corrected chi connectivity index (χ4v) is 3.80. The third-order valence-corrected chi connectivity index (χ3v) is 5.37. The molecule has 146 valence electrons.